The van der Waals surface area contributed by atoms with Gasteiger partial charge in [0, 0.05) is 18.9 Å². The standard InChI is InChI=1S/C14H11N7/c1-2-6-12-11(5-1)17-13(14-18-19-20-21(12)14)16-9-10-4-3-7-15-8-10/h1-8H,9H2,(H,16,17). The molecule has 0 unspecified atom stereocenters. The largest absolute Gasteiger partial charge is 0.363 e. The highest BCUT2D eigenvalue weighted by Crippen LogP contribution is 2.19. The Hall–Kier alpha value is -3.09. The minimum absolute atomic E-state index is 0.609. The fourth-order valence-electron chi connectivity index (χ4n) is 2.21. The summed E-state index contributed by atoms with van der Waals surface area (Å²) in [5.74, 6) is 0.655. The van der Waals surface area contributed by atoms with Crippen LogP contribution < -0.4 is 5.32 Å². The Balaban J connectivity index is 1.78. The molecule has 4 aromatic rings. The van der Waals surface area contributed by atoms with Crippen LogP contribution in [0.5, 0.6) is 0 Å². The van der Waals surface area contributed by atoms with Crippen LogP contribution in [0.15, 0.2) is 48.8 Å². The van der Waals surface area contributed by atoms with Crippen LogP contribution in [-0.2, 0) is 6.54 Å². The van der Waals surface area contributed by atoms with Crippen LogP contribution in [0.25, 0.3) is 16.7 Å². The molecule has 0 spiro atoms. The van der Waals surface area contributed by atoms with Crippen molar-refractivity contribution in [3.05, 3.63) is 54.4 Å². The average Bonchev–Trinajstić information content (AvgIpc) is 3.04. The van der Waals surface area contributed by atoms with Crippen LogP contribution in [-0.4, -0.2) is 30.0 Å². The van der Waals surface area contributed by atoms with Crippen LogP contribution in [0.3, 0.4) is 0 Å². The molecule has 0 saturated heterocycles. The number of aromatic nitrogens is 6. The number of fused-ring (bicyclic) bond motifs is 3. The number of anilines is 1. The highest BCUT2D eigenvalue weighted by atomic mass is 15.5. The minimum atomic E-state index is 0.609. The zero-order valence-corrected chi connectivity index (χ0v) is 11.0. The zero-order chi connectivity index (χ0) is 14.1. The fourth-order valence-corrected chi connectivity index (χ4v) is 2.21. The lowest BCUT2D eigenvalue weighted by molar-refractivity contribution is 0.840. The van der Waals surface area contributed by atoms with Crippen LogP contribution in [0.1, 0.15) is 5.56 Å². The van der Waals surface area contributed by atoms with Crippen LogP contribution >= 0.6 is 0 Å². The summed E-state index contributed by atoms with van der Waals surface area (Å²) >= 11 is 0. The molecule has 3 aromatic heterocycles. The van der Waals surface area contributed by atoms with E-state index in [1.54, 1.807) is 10.7 Å². The Labute approximate surface area is 119 Å². The second-order valence-electron chi connectivity index (χ2n) is 4.58. The minimum Gasteiger partial charge on any atom is -0.363 e. The van der Waals surface area contributed by atoms with Crippen LogP contribution in [0.2, 0.25) is 0 Å². The third-order valence-corrected chi connectivity index (χ3v) is 3.21. The average molecular weight is 277 g/mol. The summed E-state index contributed by atoms with van der Waals surface area (Å²) in [5, 5.41) is 15.1. The van der Waals surface area contributed by atoms with E-state index in [1.165, 1.54) is 0 Å². The van der Waals surface area contributed by atoms with E-state index in [0.717, 1.165) is 16.6 Å². The Morgan fingerprint density at radius 1 is 1.10 bits per heavy atom. The summed E-state index contributed by atoms with van der Waals surface area (Å²) in [7, 11) is 0. The van der Waals surface area contributed by atoms with Gasteiger partial charge in [0.15, 0.2) is 5.82 Å². The number of rotatable bonds is 3. The number of benzene rings is 1. The van der Waals surface area contributed by atoms with Gasteiger partial charge in [-0.05, 0) is 34.2 Å². The van der Waals surface area contributed by atoms with Crippen LogP contribution in [0.4, 0.5) is 5.82 Å². The molecule has 0 radical (unpaired) electrons. The summed E-state index contributed by atoms with van der Waals surface area (Å²) in [5.41, 5.74) is 3.39. The SMILES string of the molecule is c1cncc(CNc2nc3ccccc3n3nnnc23)c1. The Bertz CT molecular complexity index is 901. The monoisotopic (exact) mass is 277 g/mol. The molecule has 21 heavy (non-hydrogen) atoms. The lowest BCUT2D eigenvalue weighted by Gasteiger charge is -2.07. The van der Waals surface area contributed by atoms with Crippen molar-refractivity contribution in [2.24, 2.45) is 0 Å². The third-order valence-electron chi connectivity index (χ3n) is 3.21. The first-order valence-corrected chi connectivity index (χ1v) is 6.51. The van der Waals surface area contributed by atoms with E-state index >= 15 is 0 Å². The van der Waals surface area contributed by atoms with Crippen LogP contribution in [0, 0.1) is 0 Å². The van der Waals surface area contributed by atoms with Gasteiger partial charge in [0.05, 0.1) is 11.0 Å². The highest BCUT2D eigenvalue weighted by Gasteiger charge is 2.10. The molecule has 1 aromatic carbocycles. The summed E-state index contributed by atoms with van der Waals surface area (Å²) in [6.45, 7) is 0.613. The fraction of sp³-hybridized carbons (Fsp3) is 0.0714. The van der Waals surface area contributed by atoms with E-state index in [0.29, 0.717) is 18.0 Å². The van der Waals surface area contributed by atoms with E-state index in [4.69, 9.17) is 0 Å². The quantitative estimate of drug-likeness (QED) is 0.613. The van der Waals surface area contributed by atoms with Gasteiger partial charge in [-0.15, -0.1) is 5.10 Å². The van der Waals surface area contributed by atoms with Crippen molar-refractivity contribution in [1.29, 1.82) is 0 Å². The highest BCUT2D eigenvalue weighted by molar-refractivity contribution is 5.81. The number of tetrazole rings is 1. The van der Waals surface area contributed by atoms with Crippen molar-refractivity contribution < 1.29 is 0 Å². The molecule has 1 N–H and O–H groups in total. The molecule has 0 bridgehead atoms. The lowest BCUT2D eigenvalue weighted by atomic mass is 10.3. The summed E-state index contributed by atoms with van der Waals surface area (Å²) in [4.78, 5) is 8.69. The predicted molar refractivity (Wildman–Crippen MR) is 77.6 cm³/mol. The van der Waals surface area contributed by atoms with Crippen molar-refractivity contribution in [2.75, 3.05) is 5.32 Å². The number of nitrogens with zero attached hydrogens (tertiary/aromatic N) is 6. The van der Waals surface area contributed by atoms with Gasteiger partial charge in [-0.1, -0.05) is 18.2 Å². The van der Waals surface area contributed by atoms with Gasteiger partial charge in [0.2, 0.25) is 5.65 Å². The second-order valence-corrected chi connectivity index (χ2v) is 4.58. The number of pyridine rings is 1. The first kappa shape index (κ1) is 11.7. The van der Waals surface area contributed by atoms with E-state index in [-0.39, 0.29) is 0 Å². The molecule has 7 heteroatoms. The number of para-hydroxylation sites is 2. The molecule has 0 aliphatic rings. The van der Waals surface area contributed by atoms with E-state index < -0.39 is 0 Å². The molecule has 3 heterocycles. The van der Waals surface area contributed by atoms with Gasteiger partial charge in [-0.2, -0.15) is 4.52 Å². The van der Waals surface area contributed by atoms with Crippen molar-refractivity contribution in [2.45, 2.75) is 6.54 Å². The lowest BCUT2D eigenvalue weighted by Crippen LogP contribution is -2.05. The first-order valence-electron chi connectivity index (χ1n) is 6.51. The second kappa shape index (κ2) is 4.78. The van der Waals surface area contributed by atoms with E-state index in [2.05, 4.69) is 30.8 Å². The van der Waals surface area contributed by atoms with E-state index in [9.17, 15) is 0 Å². The van der Waals surface area contributed by atoms with Gasteiger partial charge < -0.3 is 5.32 Å². The van der Waals surface area contributed by atoms with Crippen molar-refractivity contribution in [3.63, 3.8) is 0 Å². The molecule has 0 fully saturated rings. The molecule has 102 valence electrons. The summed E-state index contributed by atoms with van der Waals surface area (Å²) in [6.07, 6.45) is 3.56. The molecule has 4 rings (SSSR count). The number of hydrogen-bond acceptors (Lipinski definition) is 6. The first-order chi connectivity index (χ1) is 10.4. The van der Waals surface area contributed by atoms with Gasteiger partial charge >= 0.3 is 0 Å². The Morgan fingerprint density at radius 2 is 2.05 bits per heavy atom. The molecular weight excluding hydrogens is 266 g/mol. The molecular formula is C14H11N7. The molecule has 0 saturated carbocycles. The van der Waals surface area contributed by atoms with Gasteiger partial charge in [0.1, 0.15) is 0 Å². The van der Waals surface area contributed by atoms with E-state index in [1.807, 2.05) is 42.6 Å². The third kappa shape index (κ3) is 2.04. The van der Waals surface area contributed by atoms with Gasteiger partial charge in [0.25, 0.3) is 0 Å². The predicted octanol–water partition coefficient (Wildman–Crippen LogP) is 1.68. The van der Waals surface area contributed by atoms with Gasteiger partial charge in [-0.25, -0.2) is 4.98 Å². The molecule has 7 nitrogen and oxygen atoms in total. The maximum Gasteiger partial charge on any atom is 0.222 e. The normalized spacial score (nSPS) is 11.0. The summed E-state index contributed by atoms with van der Waals surface area (Å²) < 4.78 is 1.69. The number of nitrogens with one attached hydrogen (secondary N) is 1. The van der Waals surface area contributed by atoms with Crippen molar-refractivity contribution in [3.8, 4) is 0 Å². The topological polar surface area (TPSA) is 80.9 Å². The smallest absolute Gasteiger partial charge is 0.222 e. The molecule has 0 amide bonds. The summed E-state index contributed by atoms with van der Waals surface area (Å²) in [6, 6.07) is 11.7. The molecule has 0 aliphatic heterocycles. The zero-order valence-electron chi connectivity index (χ0n) is 11.0. The molecule has 0 aliphatic carbocycles. The maximum absolute atomic E-state index is 4.60. The van der Waals surface area contributed by atoms with Crippen molar-refractivity contribution in [1.82, 2.24) is 30.0 Å². The molecule has 0 atom stereocenters. The Morgan fingerprint density at radius 3 is 2.95 bits per heavy atom. The maximum atomic E-state index is 4.60. The Kier molecular flexibility index (Phi) is 2.67. The van der Waals surface area contributed by atoms with Gasteiger partial charge in [-0.3, -0.25) is 4.98 Å². The number of hydrogen-bond donors (Lipinski definition) is 1. The van der Waals surface area contributed by atoms with Crippen molar-refractivity contribution >= 4 is 22.5 Å².